The maximum Gasteiger partial charge on any atom is 0.232 e. The molecule has 3 nitrogen and oxygen atoms in total. The lowest BCUT2D eigenvalue weighted by Crippen LogP contribution is -3.10. The van der Waals surface area contributed by atoms with Crippen LogP contribution in [-0.2, 0) is 4.79 Å². The van der Waals surface area contributed by atoms with E-state index < -0.39 is 0 Å². The predicted octanol–water partition coefficient (Wildman–Crippen LogP) is -1.38. The van der Waals surface area contributed by atoms with Crippen LogP contribution in [0.25, 0.3) is 0 Å². The number of carbonyl (C=O) groups excluding carboxylic acids is 1. The number of halogens is 1. The quantitative estimate of drug-likeness (QED) is 0.665. The molecule has 4 heteroatoms. The third kappa shape index (κ3) is 4.83. The van der Waals surface area contributed by atoms with Gasteiger partial charge in [0.2, 0.25) is 5.91 Å². The molecule has 1 saturated heterocycles. The van der Waals surface area contributed by atoms with Crippen LogP contribution in [0.5, 0.6) is 0 Å². The molecule has 1 heterocycles. The lowest BCUT2D eigenvalue weighted by atomic mass is 9.90. The zero-order valence-electron chi connectivity index (χ0n) is 13.9. The molecule has 3 rings (SSSR count). The first-order valence-electron chi connectivity index (χ1n) is 8.56. The standard InChI is InChI=1S/C20H24N2O.ClH/c23-20(21-13-16-22-14-7-8-15-22)19(17-9-3-1-4-10-17)18-11-5-2-6-12-18;/h1-6,9-12,19H,7-8,13-16H2,(H,21,23);1H. The summed E-state index contributed by atoms with van der Waals surface area (Å²) in [4.78, 5) is 14.4. The van der Waals surface area contributed by atoms with Crippen molar-refractivity contribution in [2.24, 2.45) is 0 Å². The van der Waals surface area contributed by atoms with Crippen LogP contribution in [0.3, 0.4) is 0 Å². The lowest BCUT2D eigenvalue weighted by Gasteiger charge is -2.19. The maximum absolute atomic E-state index is 12.8. The molecule has 2 N–H and O–H groups in total. The average Bonchev–Trinajstić information content (AvgIpc) is 3.10. The Hall–Kier alpha value is -1.84. The van der Waals surface area contributed by atoms with Crippen LogP contribution in [0.4, 0.5) is 0 Å². The summed E-state index contributed by atoms with van der Waals surface area (Å²) in [5, 5.41) is 3.15. The number of quaternary nitrogens is 1. The van der Waals surface area contributed by atoms with Crippen LogP contribution < -0.4 is 22.6 Å². The average molecular weight is 345 g/mol. The zero-order valence-corrected chi connectivity index (χ0v) is 14.6. The van der Waals surface area contributed by atoms with Gasteiger partial charge in [-0.25, -0.2) is 0 Å². The monoisotopic (exact) mass is 344 g/mol. The molecule has 1 fully saturated rings. The highest BCUT2D eigenvalue weighted by molar-refractivity contribution is 5.87. The summed E-state index contributed by atoms with van der Waals surface area (Å²) in [5.41, 5.74) is 2.09. The summed E-state index contributed by atoms with van der Waals surface area (Å²) in [5.74, 6) is -0.132. The third-order valence-corrected chi connectivity index (χ3v) is 4.62. The highest BCUT2D eigenvalue weighted by Gasteiger charge is 2.23. The molecule has 0 aromatic heterocycles. The molecule has 0 unspecified atom stereocenters. The van der Waals surface area contributed by atoms with Crippen molar-refractivity contribution in [3.8, 4) is 0 Å². The summed E-state index contributed by atoms with van der Waals surface area (Å²) < 4.78 is 0. The zero-order chi connectivity index (χ0) is 15.9. The van der Waals surface area contributed by atoms with Crippen LogP contribution in [0.2, 0.25) is 0 Å². The van der Waals surface area contributed by atoms with Crippen LogP contribution in [0.15, 0.2) is 60.7 Å². The minimum absolute atomic E-state index is 0. The molecule has 0 saturated carbocycles. The first kappa shape index (κ1) is 18.5. The number of rotatable bonds is 6. The van der Waals surface area contributed by atoms with Gasteiger partial charge in [-0.1, -0.05) is 60.7 Å². The van der Waals surface area contributed by atoms with Crippen molar-refractivity contribution in [3.05, 3.63) is 71.8 Å². The molecule has 1 amide bonds. The Morgan fingerprint density at radius 3 is 1.92 bits per heavy atom. The Labute approximate surface area is 150 Å². The van der Waals surface area contributed by atoms with Crippen molar-refractivity contribution >= 4 is 5.91 Å². The largest absolute Gasteiger partial charge is 1.00 e. The molecule has 0 aliphatic carbocycles. The molecule has 2 aromatic carbocycles. The van der Waals surface area contributed by atoms with E-state index in [4.69, 9.17) is 0 Å². The molecule has 1 aliphatic rings. The fourth-order valence-corrected chi connectivity index (χ4v) is 3.38. The smallest absolute Gasteiger partial charge is 0.232 e. The van der Waals surface area contributed by atoms with E-state index in [1.807, 2.05) is 60.7 Å². The number of likely N-dealkylation sites (tertiary alicyclic amines) is 1. The summed E-state index contributed by atoms with van der Waals surface area (Å²) in [6.07, 6.45) is 2.64. The lowest BCUT2D eigenvalue weighted by molar-refractivity contribution is -0.886. The fraction of sp³-hybridized carbons (Fsp3) is 0.350. The molecule has 24 heavy (non-hydrogen) atoms. The highest BCUT2D eigenvalue weighted by Crippen LogP contribution is 2.24. The van der Waals surface area contributed by atoms with Crippen molar-refractivity contribution in [2.45, 2.75) is 18.8 Å². The molecule has 0 radical (unpaired) electrons. The van der Waals surface area contributed by atoms with Gasteiger partial charge in [0.1, 0.15) is 0 Å². The van der Waals surface area contributed by atoms with Crippen LogP contribution in [-0.4, -0.2) is 32.1 Å². The first-order valence-corrected chi connectivity index (χ1v) is 8.56. The molecule has 0 bridgehead atoms. The molecule has 128 valence electrons. The van der Waals surface area contributed by atoms with E-state index in [1.54, 1.807) is 4.90 Å². The van der Waals surface area contributed by atoms with Crippen molar-refractivity contribution in [1.82, 2.24) is 5.32 Å². The van der Waals surface area contributed by atoms with Gasteiger partial charge in [-0.05, 0) is 11.1 Å². The number of carbonyl (C=O) groups is 1. The van der Waals surface area contributed by atoms with Gasteiger partial charge in [-0.2, -0.15) is 0 Å². The van der Waals surface area contributed by atoms with Gasteiger partial charge in [-0.3, -0.25) is 4.79 Å². The van der Waals surface area contributed by atoms with Gasteiger partial charge < -0.3 is 22.6 Å². The van der Waals surface area contributed by atoms with E-state index in [0.29, 0.717) is 0 Å². The molecule has 0 atom stereocenters. The normalized spacial score (nSPS) is 14.4. The van der Waals surface area contributed by atoms with Gasteiger partial charge in [0.25, 0.3) is 0 Å². The number of benzene rings is 2. The van der Waals surface area contributed by atoms with Gasteiger partial charge in [0, 0.05) is 12.8 Å². The van der Waals surface area contributed by atoms with Crippen molar-refractivity contribution in [2.75, 3.05) is 26.2 Å². The predicted molar refractivity (Wildman–Crippen MR) is 92.5 cm³/mol. The Morgan fingerprint density at radius 1 is 0.917 bits per heavy atom. The van der Waals surface area contributed by atoms with Crippen molar-refractivity contribution < 1.29 is 22.1 Å². The van der Waals surface area contributed by atoms with Crippen LogP contribution >= 0.6 is 0 Å². The second-order valence-corrected chi connectivity index (χ2v) is 6.25. The fourth-order valence-electron chi connectivity index (χ4n) is 3.38. The van der Waals surface area contributed by atoms with E-state index in [1.165, 1.54) is 25.9 Å². The van der Waals surface area contributed by atoms with E-state index in [9.17, 15) is 4.79 Å². The Balaban J connectivity index is 0.00000208. The molecular formula is C20H25ClN2O. The van der Waals surface area contributed by atoms with E-state index in [0.717, 1.165) is 24.2 Å². The number of hydrogen-bond acceptors (Lipinski definition) is 1. The highest BCUT2D eigenvalue weighted by atomic mass is 35.5. The Bertz CT molecular complexity index is 573. The van der Waals surface area contributed by atoms with Gasteiger partial charge in [0.15, 0.2) is 0 Å². The minimum atomic E-state index is -0.231. The minimum Gasteiger partial charge on any atom is -1.00 e. The topological polar surface area (TPSA) is 33.5 Å². The number of amides is 1. The van der Waals surface area contributed by atoms with E-state index in [-0.39, 0.29) is 24.2 Å². The third-order valence-electron chi connectivity index (χ3n) is 4.62. The van der Waals surface area contributed by atoms with Crippen molar-refractivity contribution in [1.29, 1.82) is 0 Å². The summed E-state index contributed by atoms with van der Waals surface area (Å²) in [6, 6.07) is 20.1. The van der Waals surface area contributed by atoms with Crippen LogP contribution in [0, 0.1) is 0 Å². The number of hydrogen-bond donors (Lipinski definition) is 2. The van der Waals surface area contributed by atoms with E-state index in [2.05, 4.69) is 5.32 Å². The van der Waals surface area contributed by atoms with Gasteiger partial charge >= 0.3 is 0 Å². The maximum atomic E-state index is 12.8. The Morgan fingerprint density at radius 2 is 1.42 bits per heavy atom. The van der Waals surface area contributed by atoms with Gasteiger partial charge in [0.05, 0.1) is 32.1 Å². The van der Waals surface area contributed by atoms with Crippen molar-refractivity contribution in [3.63, 3.8) is 0 Å². The molecule has 0 spiro atoms. The second-order valence-electron chi connectivity index (χ2n) is 6.25. The summed E-state index contributed by atoms with van der Waals surface area (Å²) in [6.45, 7) is 4.28. The molecular weight excluding hydrogens is 320 g/mol. The van der Waals surface area contributed by atoms with Gasteiger partial charge in [-0.15, -0.1) is 0 Å². The summed E-state index contributed by atoms with van der Waals surface area (Å²) >= 11 is 0. The second kappa shape index (κ2) is 9.45. The number of nitrogens with one attached hydrogen (secondary N) is 2. The molecule has 1 aliphatic heterocycles. The van der Waals surface area contributed by atoms with E-state index >= 15 is 0 Å². The summed E-state index contributed by atoms with van der Waals surface area (Å²) in [7, 11) is 0. The Kier molecular flexibility index (Phi) is 7.29. The SMILES string of the molecule is O=C(NCC[NH+]1CCCC1)C(c1ccccc1)c1ccccc1.[Cl-]. The molecule has 2 aromatic rings. The first-order chi connectivity index (χ1) is 11.3. The van der Waals surface area contributed by atoms with Crippen LogP contribution in [0.1, 0.15) is 29.9 Å².